The van der Waals surface area contributed by atoms with Crippen LogP contribution in [0.3, 0.4) is 0 Å². The Balaban J connectivity index is 1.82. The van der Waals surface area contributed by atoms with Gasteiger partial charge in [-0.15, -0.1) is 0 Å². The summed E-state index contributed by atoms with van der Waals surface area (Å²) in [5.74, 6) is 1.51. The van der Waals surface area contributed by atoms with E-state index in [-0.39, 0.29) is 5.91 Å². The molecule has 2 rings (SSSR count). The maximum Gasteiger partial charge on any atom is 0.233 e. The summed E-state index contributed by atoms with van der Waals surface area (Å²) in [6.45, 7) is 3.10. The molecule has 4 heteroatoms. The fourth-order valence-electron chi connectivity index (χ4n) is 3.27. The normalized spacial score (nSPS) is 30.3. The van der Waals surface area contributed by atoms with Gasteiger partial charge < -0.3 is 11.1 Å². The summed E-state index contributed by atoms with van der Waals surface area (Å²) in [5, 5.41) is 3.09. The highest BCUT2D eigenvalue weighted by Gasteiger charge is 2.46. The number of rotatable bonds is 4. The molecule has 2 saturated carbocycles. The number of carbonyl (C=O) groups is 1. The Bertz CT molecular complexity index is 339. The molecule has 2 atom stereocenters. The largest absolute Gasteiger partial charge is 0.392 e. The number of nitrogens with two attached hydrogens (primary N) is 1. The number of thiocarbonyl (C=S) groups is 1. The van der Waals surface area contributed by atoms with Gasteiger partial charge >= 0.3 is 0 Å². The minimum Gasteiger partial charge on any atom is -0.392 e. The molecule has 0 heterocycles. The molecule has 0 aliphatic heterocycles. The van der Waals surface area contributed by atoms with Crippen LogP contribution in [0.1, 0.15) is 51.9 Å². The van der Waals surface area contributed by atoms with Gasteiger partial charge in [0.25, 0.3) is 0 Å². The van der Waals surface area contributed by atoms with Crippen molar-refractivity contribution in [1.29, 1.82) is 0 Å². The first-order valence-corrected chi connectivity index (χ1v) is 7.53. The Hall–Kier alpha value is -0.640. The van der Waals surface area contributed by atoms with Crippen molar-refractivity contribution in [2.45, 2.75) is 51.9 Å². The van der Waals surface area contributed by atoms with E-state index in [1.807, 2.05) is 0 Å². The van der Waals surface area contributed by atoms with Gasteiger partial charge in [0.1, 0.15) is 0 Å². The van der Waals surface area contributed by atoms with Crippen LogP contribution in [0, 0.1) is 17.3 Å². The molecule has 3 N–H and O–H groups in total. The van der Waals surface area contributed by atoms with Gasteiger partial charge in [0.2, 0.25) is 5.91 Å². The van der Waals surface area contributed by atoms with Crippen LogP contribution in [0.25, 0.3) is 0 Å². The highest BCUT2D eigenvalue weighted by molar-refractivity contribution is 7.80. The molecule has 0 radical (unpaired) electrons. The Labute approximate surface area is 115 Å². The van der Waals surface area contributed by atoms with E-state index < -0.39 is 5.41 Å². The SMILES string of the molecule is CC1CCCC(CNC(=O)C2(C(N)=S)CCC2)C1. The van der Waals surface area contributed by atoms with Gasteiger partial charge in [0.15, 0.2) is 0 Å². The smallest absolute Gasteiger partial charge is 0.233 e. The third-order valence-corrected chi connectivity index (χ3v) is 5.10. The molecule has 0 bridgehead atoms. The van der Waals surface area contributed by atoms with E-state index in [9.17, 15) is 4.79 Å². The van der Waals surface area contributed by atoms with Crippen LogP contribution in [-0.2, 0) is 4.79 Å². The number of amides is 1. The third-order valence-electron chi connectivity index (χ3n) is 4.71. The van der Waals surface area contributed by atoms with Crippen molar-refractivity contribution in [3.8, 4) is 0 Å². The summed E-state index contributed by atoms with van der Waals surface area (Å²) in [7, 11) is 0. The summed E-state index contributed by atoms with van der Waals surface area (Å²) < 4.78 is 0. The molecule has 0 spiro atoms. The van der Waals surface area contributed by atoms with Crippen molar-refractivity contribution in [1.82, 2.24) is 5.32 Å². The molecular weight excluding hydrogens is 244 g/mol. The minimum absolute atomic E-state index is 0.0690. The van der Waals surface area contributed by atoms with Crippen molar-refractivity contribution in [2.24, 2.45) is 23.0 Å². The number of nitrogens with one attached hydrogen (secondary N) is 1. The molecule has 0 aromatic rings. The first-order chi connectivity index (χ1) is 8.54. The van der Waals surface area contributed by atoms with Gasteiger partial charge in [0.05, 0.1) is 10.4 Å². The molecule has 18 heavy (non-hydrogen) atoms. The van der Waals surface area contributed by atoms with E-state index in [0.717, 1.165) is 31.7 Å². The molecule has 1 amide bonds. The molecule has 0 aromatic heterocycles. The standard InChI is InChI=1S/C14H24N2OS/c1-10-4-2-5-11(8-10)9-16-13(17)14(12(15)18)6-3-7-14/h10-11H,2-9H2,1H3,(H2,15,18)(H,16,17). The van der Waals surface area contributed by atoms with Gasteiger partial charge in [-0.1, -0.05) is 38.4 Å². The van der Waals surface area contributed by atoms with Crippen LogP contribution in [0.4, 0.5) is 0 Å². The monoisotopic (exact) mass is 268 g/mol. The first kappa shape index (κ1) is 13.8. The average Bonchev–Trinajstić information content (AvgIpc) is 2.24. The van der Waals surface area contributed by atoms with E-state index >= 15 is 0 Å². The van der Waals surface area contributed by atoms with Crippen molar-refractivity contribution in [3.63, 3.8) is 0 Å². The molecule has 0 aromatic carbocycles. The number of carbonyl (C=O) groups excluding carboxylic acids is 1. The molecule has 3 nitrogen and oxygen atoms in total. The van der Waals surface area contributed by atoms with E-state index in [0.29, 0.717) is 10.9 Å². The summed E-state index contributed by atoms with van der Waals surface area (Å²) in [5.41, 5.74) is 5.22. The molecule has 0 saturated heterocycles. The Morgan fingerprint density at radius 1 is 1.39 bits per heavy atom. The second-order valence-corrected chi connectivity index (χ2v) is 6.59. The lowest BCUT2D eigenvalue weighted by molar-refractivity contribution is -0.131. The topological polar surface area (TPSA) is 55.1 Å². The third kappa shape index (κ3) is 2.68. The maximum atomic E-state index is 12.2. The highest BCUT2D eigenvalue weighted by atomic mass is 32.1. The van der Waals surface area contributed by atoms with E-state index in [1.54, 1.807) is 0 Å². The second kappa shape index (κ2) is 5.55. The van der Waals surface area contributed by atoms with Crippen molar-refractivity contribution < 1.29 is 4.79 Å². The molecule has 2 aliphatic rings. The molecular formula is C14H24N2OS. The lowest BCUT2D eigenvalue weighted by atomic mass is 9.68. The molecule has 2 aliphatic carbocycles. The summed E-state index contributed by atoms with van der Waals surface area (Å²) >= 11 is 5.06. The summed E-state index contributed by atoms with van der Waals surface area (Å²) in [6.07, 6.45) is 7.82. The summed E-state index contributed by atoms with van der Waals surface area (Å²) in [4.78, 5) is 12.6. The van der Waals surface area contributed by atoms with Crippen LogP contribution in [0.2, 0.25) is 0 Å². The van der Waals surface area contributed by atoms with Gasteiger partial charge in [-0.2, -0.15) is 0 Å². The molecule has 102 valence electrons. The Morgan fingerprint density at radius 2 is 2.11 bits per heavy atom. The van der Waals surface area contributed by atoms with E-state index in [4.69, 9.17) is 18.0 Å². The van der Waals surface area contributed by atoms with E-state index in [2.05, 4.69) is 12.2 Å². The van der Waals surface area contributed by atoms with Crippen LogP contribution >= 0.6 is 12.2 Å². The fraction of sp³-hybridized carbons (Fsp3) is 0.857. The van der Waals surface area contributed by atoms with Crippen LogP contribution in [0.5, 0.6) is 0 Å². The lowest BCUT2D eigenvalue weighted by Gasteiger charge is -2.39. The quantitative estimate of drug-likeness (QED) is 0.770. The average molecular weight is 268 g/mol. The Morgan fingerprint density at radius 3 is 2.61 bits per heavy atom. The zero-order chi connectivity index (χ0) is 13.2. The van der Waals surface area contributed by atoms with Crippen LogP contribution < -0.4 is 11.1 Å². The van der Waals surface area contributed by atoms with Gasteiger partial charge in [-0.3, -0.25) is 4.79 Å². The zero-order valence-electron chi connectivity index (χ0n) is 11.2. The predicted molar refractivity (Wildman–Crippen MR) is 77.2 cm³/mol. The van der Waals surface area contributed by atoms with Gasteiger partial charge in [-0.05, 0) is 37.5 Å². The minimum atomic E-state index is -0.518. The van der Waals surface area contributed by atoms with Gasteiger partial charge in [-0.25, -0.2) is 0 Å². The first-order valence-electron chi connectivity index (χ1n) is 7.13. The number of hydrogen-bond acceptors (Lipinski definition) is 2. The second-order valence-electron chi connectivity index (χ2n) is 6.15. The number of hydrogen-bond donors (Lipinski definition) is 2. The van der Waals surface area contributed by atoms with Crippen molar-refractivity contribution in [3.05, 3.63) is 0 Å². The predicted octanol–water partition coefficient (Wildman–Crippen LogP) is 2.39. The van der Waals surface area contributed by atoms with Crippen LogP contribution in [0.15, 0.2) is 0 Å². The lowest BCUT2D eigenvalue weighted by Crippen LogP contribution is -2.53. The van der Waals surface area contributed by atoms with Crippen molar-refractivity contribution in [2.75, 3.05) is 6.54 Å². The van der Waals surface area contributed by atoms with Crippen LogP contribution in [-0.4, -0.2) is 17.4 Å². The fourth-order valence-corrected chi connectivity index (χ4v) is 3.56. The zero-order valence-corrected chi connectivity index (χ0v) is 12.0. The maximum absolute atomic E-state index is 12.2. The van der Waals surface area contributed by atoms with Gasteiger partial charge in [0, 0.05) is 6.54 Å². The highest BCUT2D eigenvalue weighted by Crippen LogP contribution is 2.41. The van der Waals surface area contributed by atoms with Crippen molar-refractivity contribution >= 4 is 23.1 Å². The van der Waals surface area contributed by atoms with E-state index in [1.165, 1.54) is 25.7 Å². The summed E-state index contributed by atoms with van der Waals surface area (Å²) in [6, 6.07) is 0. The Kier molecular flexibility index (Phi) is 4.25. The molecule has 2 unspecified atom stereocenters. The molecule has 2 fully saturated rings.